The number of nitrogens with one attached hydrogen (secondary N) is 1. The topological polar surface area (TPSA) is 58.6 Å². The summed E-state index contributed by atoms with van der Waals surface area (Å²) in [6.07, 6.45) is 3.56. The molecule has 1 aliphatic rings. The van der Waals surface area contributed by atoms with Crippen LogP contribution in [0.1, 0.15) is 47.7 Å². The Morgan fingerprint density at radius 2 is 1.91 bits per heavy atom. The maximum absolute atomic E-state index is 11.2. The van der Waals surface area contributed by atoms with Crippen LogP contribution in [0.4, 0.5) is 0 Å². The van der Waals surface area contributed by atoms with Crippen LogP contribution >= 0.6 is 0 Å². The summed E-state index contributed by atoms with van der Waals surface area (Å²) >= 11 is 0. The Labute approximate surface area is 132 Å². The molecule has 1 aliphatic heterocycles. The van der Waals surface area contributed by atoms with Gasteiger partial charge >= 0.3 is 5.97 Å². The van der Waals surface area contributed by atoms with E-state index in [1.54, 1.807) is 0 Å². The lowest BCUT2D eigenvalue weighted by Gasteiger charge is -2.28. The largest absolute Gasteiger partial charge is 0.494 e. The van der Waals surface area contributed by atoms with Crippen LogP contribution in [0, 0.1) is 25.7 Å². The van der Waals surface area contributed by atoms with Crippen LogP contribution in [0.15, 0.2) is 12.1 Å². The predicted octanol–water partition coefficient (Wildman–Crippen LogP) is 3.41. The third-order valence-electron chi connectivity index (χ3n) is 4.75. The van der Waals surface area contributed by atoms with E-state index in [1.165, 1.54) is 12.8 Å². The number of rotatable bonds is 6. The molecule has 0 aromatic heterocycles. The average Bonchev–Trinajstić information content (AvgIpc) is 2.47. The molecule has 0 bridgehead atoms. The van der Waals surface area contributed by atoms with Gasteiger partial charge in [0.15, 0.2) is 0 Å². The average molecular weight is 305 g/mol. The van der Waals surface area contributed by atoms with E-state index in [0.29, 0.717) is 18.1 Å². The first kappa shape index (κ1) is 16.8. The van der Waals surface area contributed by atoms with Gasteiger partial charge < -0.3 is 15.2 Å². The summed E-state index contributed by atoms with van der Waals surface area (Å²) in [5.74, 6) is 1.36. The highest BCUT2D eigenvalue weighted by molar-refractivity contribution is 5.91. The fraction of sp³-hybridized carbons (Fsp3) is 0.611. The molecule has 1 atom stereocenters. The van der Waals surface area contributed by atoms with E-state index in [4.69, 9.17) is 4.74 Å². The molecule has 1 fully saturated rings. The summed E-state index contributed by atoms with van der Waals surface area (Å²) in [6, 6.07) is 3.65. The molecule has 4 nitrogen and oxygen atoms in total. The molecular formula is C18H27NO3. The van der Waals surface area contributed by atoms with Gasteiger partial charge in [0.1, 0.15) is 5.75 Å². The van der Waals surface area contributed by atoms with E-state index >= 15 is 0 Å². The summed E-state index contributed by atoms with van der Waals surface area (Å²) in [4.78, 5) is 11.2. The highest BCUT2D eigenvalue weighted by Gasteiger charge is 2.19. The van der Waals surface area contributed by atoms with Crippen molar-refractivity contribution in [2.75, 3.05) is 19.7 Å². The minimum Gasteiger partial charge on any atom is -0.494 e. The predicted molar refractivity (Wildman–Crippen MR) is 87.7 cm³/mol. The first-order valence-corrected chi connectivity index (χ1v) is 8.17. The molecule has 0 saturated carbocycles. The first-order valence-electron chi connectivity index (χ1n) is 8.17. The molecule has 2 rings (SSSR count). The van der Waals surface area contributed by atoms with E-state index in [0.717, 1.165) is 42.3 Å². The number of piperidine rings is 1. The second-order valence-electron chi connectivity index (χ2n) is 6.44. The number of carboxylic acids is 1. The fourth-order valence-corrected chi connectivity index (χ4v) is 3.36. The van der Waals surface area contributed by atoms with Crippen molar-refractivity contribution in [3.63, 3.8) is 0 Å². The van der Waals surface area contributed by atoms with Gasteiger partial charge in [0.25, 0.3) is 0 Å². The molecule has 1 saturated heterocycles. The molecule has 122 valence electrons. The van der Waals surface area contributed by atoms with Crippen LogP contribution in [-0.4, -0.2) is 30.8 Å². The van der Waals surface area contributed by atoms with Crippen LogP contribution in [0.5, 0.6) is 5.75 Å². The third-order valence-corrected chi connectivity index (χ3v) is 4.75. The Hall–Kier alpha value is -1.55. The third kappa shape index (κ3) is 4.23. The van der Waals surface area contributed by atoms with Crippen molar-refractivity contribution < 1.29 is 14.6 Å². The van der Waals surface area contributed by atoms with Crippen LogP contribution in [0.2, 0.25) is 0 Å². The second-order valence-corrected chi connectivity index (χ2v) is 6.44. The van der Waals surface area contributed by atoms with Crippen molar-refractivity contribution in [1.29, 1.82) is 0 Å². The molecule has 1 aromatic carbocycles. The molecule has 0 unspecified atom stereocenters. The Morgan fingerprint density at radius 3 is 2.45 bits per heavy atom. The standard InChI is InChI=1S/C18H27NO3/c1-12(15-4-7-19-8-5-15)6-9-22-16-10-13(2)17(18(20)21)14(3)11-16/h10-12,15,19H,4-9H2,1-3H3,(H,20,21)/t12-/m1/s1. The Morgan fingerprint density at radius 1 is 1.32 bits per heavy atom. The van der Waals surface area contributed by atoms with Gasteiger partial charge in [-0.2, -0.15) is 0 Å². The van der Waals surface area contributed by atoms with E-state index in [9.17, 15) is 9.90 Å². The minimum absolute atomic E-state index is 0.385. The molecule has 2 N–H and O–H groups in total. The van der Waals surface area contributed by atoms with Crippen molar-refractivity contribution in [1.82, 2.24) is 5.32 Å². The zero-order valence-corrected chi connectivity index (χ0v) is 13.8. The normalized spacial score (nSPS) is 17.2. The summed E-state index contributed by atoms with van der Waals surface area (Å²) in [7, 11) is 0. The summed E-state index contributed by atoms with van der Waals surface area (Å²) in [5.41, 5.74) is 1.90. The summed E-state index contributed by atoms with van der Waals surface area (Å²) in [6.45, 7) is 8.90. The van der Waals surface area contributed by atoms with Crippen molar-refractivity contribution in [3.8, 4) is 5.75 Å². The highest BCUT2D eigenvalue weighted by Crippen LogP contribution is 2.26. The van der Waals surface area contributed by atoms with E-state index in [-0.39, 0.29) is 0 Å². The van der Waals surface area contributed by atoms with E-state index < -0.39 is 5.97 Å². The molecule has 1 aromatic rings. The van der Waals surface area contributed by atoms with Crippen LogP contribution in [0.3, 0.4) is 0 Å². The molecular weight excluding hydrogens is 278 g/mol. The van der Waals surface area contributed by atoms with Gasteiger partial charge in [0.2, 0.25) is 0 Å². The minimum atomic E-state index is -0.874. The SMILES string of the molecule is Cc1cc(OCC[C@@H](C)C2CCNCC2)cc(C)c1C(=O)O. The monoisotopic (exact) mass is 305 g/mol. The lowest BCUT2D eigenvalue weighted by Crippen LogP contribution is -2.31. The summed E-state index contributed by atoms with van der Waals surface area (Å²) in [5, 5.41) is 12.6. The quantitative estimate of drug-likeness (QED) is 0.845. The number of carbonyl (C=O) groups is 1. The summed E-state index contributed by atoms with van der Waals surface area (Å²) < 4.78 is 5.86. The molecule has 4 heteroatoms. The number of ether oxygens (including phenoxy) is 1. The maximum Gasteiger partial charge on any atom is 0.336 e. The molecule has 0 radical (unpaired) electrons. The number of hydrogen-bond donors (Lipinski definition) is 2. The van der Waals surface area contributed by atoms with Crippen molar-refractivity contribution in [3.05, 3.63) is 28.8 Å². The fourth-order valence-electron chi connectivity index (χ4n) is 3.36. The van der Waals surface area contributed by atoms with Crippen LogP contribution < -0.4 is 10.1 Å². The van der Waals surface area contributed by atoms with Crippen molar-refractivity contribution >= 4 is 5.97 Å². The smallest absolute Gasteiger partial charge is 0.336 e. The van der Waals surface area contributed by atoms with E-state index in [1.807, 2.05) is 26.0 Å². The van der Waals surface area contributed by atoms with Crippen LogP contribution in [-0.2, 0) is 0 Å². The number of aromatic carboxylic acids is 1. The van der Waals surface area contributed by atoms with Crippen LogP contribution in [0.25, 0.3) is 0 Å². The second kappa shape index (κ2) is 7.63. The molecule has 1 heterocycles. The number of aryl methyl sites for hydroxylation is 2. The van der Waals surface area contributed by atoms with Gasteiger partial charge in [0.05, 0.1) is 12.2 Å². The van der Waals surface area contributed by atoms with Crippen molar-refractivity contribution in [2.24, 2.45) is 11.8 Å². The first-order chi connectivity index (χ1) is 10.5. The van der Waals surface area contributed by atoms with Gasteiger partial charge in [-0.25, -0.2) is 4.79 Å². The molecule has 0 amide bonds. The van der Waals surface area contributed by atoms with E-state index in [2.05, 4.69) is 12.2 Å². The molecule has 22 heavy (non-hydrogen) atoms. The lowest BCUT2D eigenvalue weighted by molar-refractivity contribution is 0.0695. The lowest BCUT2D eigenvalue weighted by atomic mass is 9.84. The zero-order chi connectivity index (χ0) is 16.1. The van der Waals surface area contributed by atoms with Crippen molar-refractivity contribution in [2.45, 2.75) is 40.0 Å². The maximum atomic E-state index is 11.2. The number of hydrogen-bond acceptors (Lipinski definition) is 3. The Balaban J connectivity index is 1.87. The van der Waals surface area contributed by atoms with Gasteiger partial charge in [-0.15, -0.1) is 0 Å². The molecule has 0 spiro atoms. The zero-order valence-electron chi connectivity index (χ0n) is 13.8. The van der Waals surface area contributed by atoms with Gasteiger partial charge in [-0.3, -0.25) is 0 Å². The molecule has 0 aliphatic carbocycles. The Kier molecular flexibility index (Phi) is 5.83. The van der Waals surface area contributed by atoms with Gasteiger partial charge in [-0.05, 0) is 81.3 Å². The number of carboxylic acid groups (broad SMARTS) is 1. The van der Waals surface area contributed by atoms with Gasteiger partial charge in [0, 0.05) is 0 Å². The Bertz CT molecular complexity index is 498. The highest BCUT2D eigenvalue weighted by atomic mass is 16.5. The van der Waals surface area contributed by atoms with Gasteiger partial charge in [-0.1, -0.05) is 6.92 Å². The number of benzene rings is 1.